The van der Waals surface area contributed by atoms with E-state index in [0.29, 0.717) is 6.54 Å². The summed E-state index contributed by atoms with van der Waals surface area (Å²) < 4.78 is 0. The van der Waals surface area contributed by atoms with Crippen LogP contribution in [-0.2, 0) is 4.79 Å². The van der Waals surface area contributed by atoms with Crippen molar-refractivity contribution in [3.8, 4) is 0 Å². The normalized spacial score (nSPS) is 13.4. The molecular formula is C15H25N3O. The van der Waals surface area contributed by atoms with E-state index in [1.54, 1.807) is 0 Å². The Morgan fingerprint density at radius 3 is 2.42 bits per heavy atom. The maximum absolute atomic E-state index is 12.0. The van der Waals surface area contributed by atoms with Gasteiger partial charge < -0.3 is 4.90 Å². The SMILES string of the molecule is CCC(C)(C)N(C)CC(C(=O)NN)c1ccccc1. The number of benzene rings is 1. The summed E-state index contributed by atoms with van der Waals surface area (Å²) in [6.45, 7) is 7.15. The van der Waals surface area contributed by atoms with Gasteiger partial charge in [0, 0.05) is 12.1 Å². The summed E-state index contributed by atoms with van der Waals surface area (Å²) in [4.78, 5) is 14.2. The predicted octanol–water partition coefficient (Wildman–Crippen LogP) is 1.88. The Morgan fingerprint density at radius 2 is 1.95 bits per heavy atom. The van der Waals surface area contributed by atoms with E-state index in [-0.39, 0.29) is 17.4 Å². The van der Waals surface area contributed by atoms with Gasteiger partial charge in [0.2, 0.25) is 5.91 Å². The van der Waals surface area contributed by atoms with Crippen LogP contribution in [0.2, 0.25) is 0 Å². The highest BCUT2D eigenvalue weighted by Gasteiger charge is 2.27. The fourth-order valence-corrected chi connectivity index (χ4v) is 1.92. The van der Waals surface area contributed by atoms with Gasteiger partial charge in [0.1, 0.15) is 0 Å². The van der Waals surface area contributed by atoms with Crippen molar-refractivity contribution < 1.29 is 4.79 Å². The molecule has 0 bridgehead atoms. The first kappa shape index (κ1) is 15.7. The second-order valence-corrected chi connectivity index (χ2v) is 5.52. The molecule has 0 aromatic heterocycles. The Kier molecular flexibility index (Phi) is 5.51. The van der Waals surface area contributed by atoms with Gasteiger partial charge in [-0.3, -0.25) is 10.2 Å². The van der Waals surface area contributed by atoms with Crippen molar-refractivity contribution in [2.45, 2.75) is 38.6 Å². The minimum Gasteiger partial charge on any atom is -0.300 e. The van der Waals surface area contributed by atoms with Crippen LogP contribution in [0, 0.1) is 0 Å². The summed E-state index contributed by atoms with van der Waals surface area (Å²) in [5.41, 5.74) is 3.32. The number of nitrogens with two attached hydrogens (primary N) is 1. The monoisotopic (exact) mass is 263 g/mol. The van der Waals surface area contributed by atoms with E-state index in [1.807, 2.05) is 37.4 Å². The highest BCUT2D eigenvalue weighted by atomic mass is 16.2. The number of rotatable bonds is 6. The van der Waals surface area contributed by atoms with Gasteiger partial charge in [-0.25, -0.2) is 5.84 Å². The smallest absolute Gasteiger partial charge is 0.242 e. The zero-order valence-corrected chi connectivity index (χ0v) is 12.3. The molecule has 0 heterocycles. The third-order valence-corrected chi connectivity index (χ3v) is 4.02. The molecule has 1 atom stereocenters. The number of hydrogen-bond acceptors (Lipinski definition) is 3. The number of likely N-dealkylation sites (N-methyl/N-ethyl adjacent to an activating group) is 1. The van der Waals surface area contributed by atoms with Crippen molar-refractivity contribution in [3.63, 3.8) is 0 Å². The van der Waals surface area contributed by atoms with Gasteiger partial charge >= 0.3 is 0 Å². The van der Waals surface area contributed by atoms with Gasteiger partial charge in [-0.05, 0) is 32.9 Å². The Morgan fingerprint density at radius 1 is 1.37 bits per heavy atom. The number of hydrazine groups is 1. The molecule has 0 aliphatic rings. The van der Waals surface area contributed by atoms with Gasteiger partial charge in [-0.15, -0.1) is 0 Å². The van der Waals surface area contributed by atoms with Crippen molar-refractivity contribution in [1.29, 1.82) is 0 Å². The molecule has 1 unspecified atom stereocenters. The number of hydrogen-bond donors (Lipinski definition) is 2. The van der Waals surface area contributed by atoms with Crippen LogP contribution in [-0.4, -0.2) is 29.9 Å². The molecule has 4 nitrogen and oxygen atoms in total. The molecule has 0 aliphatic heterocycles. The molecule has 3 N–H and O–H groups in total. The number of nitrogens with zero attached hydrogens (tertiary/aromatic N) is 1. The number of carbonyl (C=O) groups is 1. The zero-order chi connectivity index (χ0) is 14.5. The van der Waals surface area contributed by atoms with Crippen molar-refractivity contribution in [1.82, 2.24) is 10.3 Å². The van der Waals surface area contributed by atoms with Crippen molar-refractivity contribution >= 4 is 5.91 Å². The minimum absolute atomic E-state index is 0.0574. The van der Waals surface area contributed by atoms with Crippen LogP contribution in [0.5, 0.6) is 0 Å². The van der Waals surface area contributed by atoms with Crippen LogP contribution < -0.4 is 11.3 Å². The first-order valence-electron chi connectivity index (χ1n) is 6.69. The lowest BCUT2D eigenvalue weighted by Gasteiger charge is -2.36. The van der Waals surface area contributed by atoms with E-state index in [0.717, 1.165) is 12.0 Å². The van der Waals surface area contributed by atoms with E-state index in [1.165, 1.54) is 0 Å². The van der Waals surface area contributed by atoms with Gasteiger partial charge in [0.15, 0.2) is 0 Å². The Hall–Kier alpha value is -1.39. The maximum Gasteiger partial charge on any atom is 0.242 e. The van der Waals surface area contributed by atoms with E-state index in [9.17, 15) is 4.79 Å². The minimum atomic E-state index is -0.248. The zero-order valence-electron chi connectivity index (χ0n) is 12.3. The summed E-state index contributed by atoms with van der Waals surface area (Å²) in [7, 11) is 2.04. The molecular weight excluding hydrogens is 238 g/mol. The summed E-state index contributed by atoms with van der Waals surface area (Å²) in [6, 6.07) is 9.76. The van der Waals surface area contributed by atoms with Crippen molar-refractivity contribution in [2.24, 2.45) is 5.84 Å². The molecule has 1 aromatic rings. The molecule has 1 rings (SSSR count). The van der Waals surface area contributed by atoms with Crippen LogP contribution in [0.15, 0.2) is 30.3 Å². The molecule has 1 aromatic carbocycles. The van der Waals surface area contributed by atoms with Crippen molar-refractivity contribution in [2.75, 3.05) is 13.6 Å². The van der Waals surface area contributed by atoms with Crippen LogP contribution in [0.1, 0.15) is 38.7 Å². The van der Waals surface area contributed by atoms with Crippen LogP contribution in [0.25, 0.3) is 0 Å². The average Bonchev–Trinajstić information content (AvgIpc) is 2.44. The van der Waals surface area contributed by atoms with E-state index < -0.39 is 0 Å². The number of amides is 1. The third kappa shape index (κ3) is 4.04. The standard InChI is InChI=1S/C15H25N3O/c1-5-15(2,3)18(4)11-13(14(19)17-16)12-9-7-6-8-10-12/h6-10,13H,5,11,16H2,1-4H3,(H,17,19). The fourth-order valence-electron chi connectivity index (χ4n) is 1.92. The quantitative estimate of drug-likeness (QED) is 0.468. The molecule has 19 heavy (non-hydrogen) atoms. The molecule has 0 aliphatic carbocycles. The molecule has 0 radical (unpaired) electrons. The van der Waals surface area contributed by atoms with Crippen LogP contribution in [0.4, 0.5) is 0 Å². The number of nitrogens with one attached hydrogen (secondary N) is 1. The molecule has 4 heteroatoms. The van der Waals surface area contributed by atoms with E-state index in [4.69, 9.17) is 5.84 Å². The molecule has 0 fully saturated rings. The lowest BCUT2D eigenvalue weighted by atomic mass is 9.94. The Labute approximate surface area is 115 Å². The van der Waals surface area contributed by atoms with Gasteiger partial charge in [-0.2, -0.15) is 0 Å². The lowest BCUT2D eigenvalue weighted by Crippen LogP contribution is -2.46. The highest BCUT2D eigenvalue weighted by molar-refractivity contribution is 5.83. The predicted molar refractivity (Wildman–Crippen MR) is 78.5 cm³/mol. The van der Waals surface area contributed by atoms with Gasteiger partial charge in [0.25, 0.3) is 0 Å². The number of carbonyl (C=O) groups excluding carboxylic acids is 1. The topological polar surface area (TPSA) is 58.4 Å². The summed E-state index contributed by atoms with van der Waals surface area (Å²) in [6.07, 6.45) is 1.02. The average molecular weight is 263 g/mol. The summed E-state index contributed by atoms with van der Waals surface area (Å²) >= 11 is 0. The molecule has 106 valence electrons. The van der Waals surface area contributed by atoms with Crippen molar-refractivity contribution in [3.05, 3.63) is 35.9 Å². The van der Waals surface area contributed by atoms with E-state index >= 15 is 0 Å². The molecule has 1 amide bonds. The first-order chi connectivity index (χ1) is 8.92. The highest BCUT2D eigenvalue weighted by Crippen LogP contribution is 2.23. The van der Waals surface area contributed by atoms with Gasteiger partial charge in [-0.1, -0.05) is 37.3 Å². The Balaban J connectivity index is 2.91. The third-order valence-electron chi connectivity index (χ3n) is 4.02. The first-order valence-corrected chi connectivity index (χ1v) is 6.69. The summed E-state index contributed by atoms with van der Waals surface area (Å²) in [5, 5.41) is 0. The second kappa shape index (κ2) is 6.68. The van der Waals surface area contributed by atoms with Crippen LogP contribution in [0.3, 0.4) is 0 Å². The fraction of sp³-hybridized carbons (Fsp3) is 0.533. The van der Waals surface area contributed by atoms with Crippen LogP contribution >= 0.6 is 0 Å². The molecule has 0 saturated heterocycles. The maximum atomic E-state index is 12.0. The molecule has 0 spiro atoms. The van der Waals surface area contributed by atoms with Gasteiger partial charge in [0.05, 0.1) is 5.92 Å². The Bertz CT molecular complexity index is 403. The van der Waals surface area contributed by atoms with E-state index in [2.05, 4.69) is 31.1 Å². The largest absolute Gasteiger partial charge is 0.300 e. The summed E-state index contributed by atoms with van der Waals surface area (Å²) in [5.74, 6) is 4.91. The lowest BCUT2D eigenvalue weighted by molar-refractivity contribution is -0.123. The molecule has 0 saturated carbocycles. The second-order valence-electron chi connectivity index (χ2n) is 5.52.